The van der Waals surface area contributed by atoms with Crippen LogP contribution in [0.4, 0.5) is 0 Å². The molecule has 0 aliphatic carbocycles. The van der Waals surface area contributed by atoms with Crippen molar-refractivity contribution in [2.45, 2.75) is 0 Å². The number of esters is 1. The minimum Gasteiger partial charge on any atom is -0.481 e. The number of hydrogen-bond donors (Lipinski definition) is 1. The second-order valence-electron chi connectivity index (χ2n) is 4.60. The molecule has 1 aromatic carbocycles. The zero-order valence-corrected chi connectivity index (χ0v) is 15.9. The van der Waals surface area contributed by atoms with Crippen LogP contribution in [-0.4, -0.2) is 36.8 Å². The van der Waals surface area contributed by atoms with Crippen molar-refractivity contribution in [1.82, 2.24) is 10.4 Å². The highest BCUT2D eigenvalue weighted by Crippen LogP contribution is 2.21. The van der Waals surface area contributed by atoms with Gasteiger partial charge in [0.05, 0.1) is 22.5 Å². The topological polar surface area (TPSA) is 89.9 Å². The van der Waals surface area contributed by atoms with Crippen LogP contribution in [0.1, 0.15) is 15.9 Å². The highest BCUT2D eigenvalue weighted by Gasteiger charge is 2.09. The lowest BCUT2D eigenvalue weighted by Crippen LogP contribution is -2.18. The molecule has 9 heteroatoms. The maximum Gasteiger partial charge on any atom is 0.343 e. The summed E-state index contributed by atoms with van der Waals surface area (Å²) < 4.78 is 10.6. The molecule has 1 N–H and O–H groups in total. The van der Waals surface area contributed by atoms with Gasteiger partial charge < -0.3 is 9.47 Å². The first kappa shape index (κ1) is 19.1. The van der Waals surface area contributed by atoms with E-state index in [4.69, 9.17) is 16.3 Å². The third-order valence-corrected chi connectivity index (χ3v) is 4.06. The van der Waals surface area contributed by atoms with Crippen molar-refractivity contribution in [2.75, 3.05) is 13.7 Å². The van der Waals surface area contributed by atoms with E-state index in [2.05, 4.69) is 42.8 Å². The van der Waals surface area contributed by atoms with Crippen molar-refractivity contribution < 1.29 is 19.1 Å². The first-order valence-corrected chi connectivity index (χ1v) is 8.40. The van der Waals surface area contributed by atoms with E-state index in [1.165, 1.54) is 19.5 Å². The van der Waals surface area contributed by atoms with Crippen LogP contribution in [0.5, 0.6) is 5.75 Å². The zero-order chi connectivity index (χ0) is 18.2. The van der Waals surface area contributed by atoms with E-state index in [9.17, 15) is 9.59 Å². The van der Waals surface area contributed by atoms with Gasteiger partial charge >= 0.3 is 5.97 Å². The van der Waals surface area contributed by atoms with E-state index in [1.54, 1.807) is 30.3 Å². The number of aromatic nitrogens is 1. The average molecular weight is 474 g/mol. The van der Waals surface area contributed by atoms with Crippen molar-refractivity contribution in [3.8, 4) is 5.75 Å². The maximum atomic E-state index is 11.9. The summed E-state index contributed by atoms with van der Waals surface area (Å²) in [6, 6.07) is 8.39. The van der Waals surface area contributed by atoms with Crippen LogP contribution in [-0.2, 0) is 9.53 Å². The summed E-state index contributed by atoms with van der Waals surface area (Å²) in [4.78, 5) is 26.9. The SMILES string of the molecule is COC(=O)COc1ccc(C=NNC(=O)c2cccnc2Cl)cc1I. The Hall–Kier alpha value is -2.20. The predicted molar refractivity (Wildman–Crippen MR) is 101 cm³/mol. The van der Waals surface area contributed by atoms with Crippen LogP contribution in [0.3, 0.4) is 0 Å². The number of hydrazone groups is 1. The van der Waals surface area contributed by atoms with Crippen LogP contribution >= 0.6 is 34.2 Å². The third-order valence-electron chi connectivity index (χ3n) is 2.91. The van der Waals surface area contributed by atoms with Gasteiger partial charge in [0, 0.05) is 6.20 Å². The highest BCUT2D eigenvalue weighted by molar-refractivity contribution is 14.1. The van der Waals surface area contributed by atoms with Crippen LogP contribution in [0.25, 0.3) is 0 Å². The van der Waals surface area contributed by atoms with Gasteiger partial charge in [0.1, 0.15) is 10.9 Å². The number of rotatable bonds is 6. The van der Waals surface area contributed by atoms with Crippen molar-refractivity contribution >= 4 is 52.3 Å². The minimum atomic E-state index is -0.460. The number of ether oxygens (including phenoxy) is 2. The molecule has 0 aliphatic heterocycles. The van der Waals surface area contributed by atoms with Crippen LogP contribution < -0.4 is 10.2 Å². The molecule has 0 bridgehead atoms. The fourth-order valence-electron chi connectivity index (χ4n) is 1.69. The Morgan fingerprint density at radius 3 is 2.88 bits per heavy atom. The van der Waals surface area contributed by atoms with E-state index >= 15 is 0 Å². The van der Waals surface area contributed by atoms with E-state index in [-0.39, 0.29) is 17.3 Å². The summed E-state index contributed by atoms with van der Waals surface area (Å²) >= 11 is 7.92. The number of nitrogens with zero attached hydrogens (tertiary/aromatic N) is 2. The summed E-state index contributed by atoms with van der Waals surface area (Å²) in [7, 11) is 1.29. The molecule has 0 atom stereocenters. The molecule has 1 amide bonds. The second kappa shape index (κ2) is 9.33. The summed E-state index contributed by atoms with van der Waals surface area (Å²) in [5.74, 6) is -0.366. The summed E-state index contributed by atoms with van der Waals surface area (Å²) in [6.45, 7) is -0.165. The summed E-state index contributed by atoms with van der Waals surface area (Å²) in [5, 5.41) is 4.00. The van der Waals surface area contributed by atoms with E-state index in [0.717, 1.165) is 9.13 Å². The lowest BCUT2D eigenvalue weighted by molar-refractivity contribution is -0.142. The summed E-state index contributed by atoms with van der Waals surface area (Å²) in [5.41, 5.74) is 3.36. The maximum absolute atomic E-state index is 11.9. The van der Waals surface area contributed by atoms with Gasteiger partial charge in [0.25, 0.3) is 5.91 Å². The van der Waals surface area contributed by atoms with Crippen LogP contribution in [0, 0.1) is 3.57 Å². The molecule has 2 rings (SSSR count). The number of hydrogen-bond acceptors (Lipinski definition) is 6. The quantitative estimate of drug-likeness (QED) is 0.229. The molecule has 0 spiro atoms. The van der Waals surface area contributed by atoms with Crippen molar-refractivity contribution in [3.63, 3.8) is 0 Å². The van der Waals surface area contributed by atoms with Gasteiger partial charge in [-0.05, 0) is 58.5 Å². The monoisotopic (exact) mass is 473 g/mol. The number of carbonyl (C=O) groups is 2. The molecule has 1 aromatic heterocycles. The van der Waals surface area contributed by atoms with Crippen LogP contribution in [0.15, 0.2) is 41.6 Å². The largest absolute Gasteiger partial charge is 0.481 e. The molecule has 0 unspecified atom stereocenters. The Labute approximate surface area is 162 Å². The van der Waals surface area contributed by atoms with Gasteiger partial charge in [-0.3, -0.25) is 4.79 Å². The number of benzene rings is 1. The number of carbonyl (C=O) groups excluding carboxylic acids is 2. The number of pyridine rings is 1. The van der Waals surface area contributed by atoms with Gasteiger partial charge in [0.2, 0.25) is 0 Å². The number of methoxy groups -OCH3 is 1. The molecule has 0 saturated carbocycles. The fraction of sp³-hybridized carbons (Fsp3) is 0.125. The van der Waals surface area contributed by atoms with E-state index < -0.39 is 11.9 Å². The first-order valence-electron chi connectivity index (χ1n) is 6.94. The Balaban J connectivity index is 1.97. The Morgan fingerprint density at radius 1 is 1.40 bits per heavy atom. The first-order chi connectivity index (χ1) is 12.0. The van der Waals surface area contributed by atoms with E-state index in [1.807, 2.05) is 0 Å². The average Bonchev–Trinajstić information content (AvgIpc) is 2.61. The number of nitrogens with one attached hydrogen (secondary N) is 1. The highest BCUT2D eigenvalue weighted by atomic mass is 127. The van der Waals surface area contributed by atoms with Crippen molar-refractivity contribution in [3.05, 3.63) is 56.4 Å². The molecule has 130 valence electrons. The molecule has 7 nitrogen and oxygen atoms in total. The predicted octanol–water partition coefficient (Wildman–Crippen LogP) is 2.66. The van der Waals surface area contributed by atoms with Crippen molar-refractivity contribution in [1.29, 1.82) is 0 Å². The lowest BCUT2D eigenvalue weighted by Gasteiger charge is -2.07. The Kier molecular flexibility index (Phi) is 7.14. The molecule has 0 saturated heterocycles. The second-order valence-corrected chi connectivity index (χ2v) is 6.12. The van der Waals surface area contributed by atoms with Gasteiger partial charge in [0.15, 0.2) is 6.61 Å². The van der Waals surface area contributed by atoms with Gasteiger partial charge in [-0.15, -0.1) is 0 Å². The molecule has 2 aromatic rings. The molecule has 0 radical (unpaired) electrons. The standard InChI is InChI=1S/C16H13ClIN3O4/c1-24-14(22)9-25-13-5-4-10(7-12(13)18)8-20-21-16(23)11-3-2-6-19-15(11)17/h2-8H,9H2,1H3,(H,21,23). The lowest BCUT2D eigenvalue weighted by atomic mass is 10.2. The Bertz CT molecular complexity index is 814. The van der Waals surface area contributed by atoms with Gasteiger partial charge in [-0.2, -0.15) is 5.10 Å². The molecular formula is C16H13ClIN3O4. The fourth-order valence-corrected chi connectivity index (χ4v) is 2.59. The molecule has 0 aliphatic rings. The normalized spacial score (nSPS) is 10.5. The molecular weight excluding hydrogens is 461 g/mol. The molecule has 0 fully saturated rings. The number of halogens is 2. The minimum absolute atomic E-state index is 0.108. The van der Waals surface area contributed by atoms with Crippen LogP contribution in [0.2, 0.25) is 5.15 Å². The van der Waals surface area contributed by atoms with Gasteiger partial charge in [-0.25, -0.2) is 15.2 Å². The van der Waals surface area contributed by atoms with Crippen molar-refractivity contribution in [2.24, 2.45) is 5.10 Å². The third kappa shape index (κ3) is 5.68. The van der Waals surface area contributed by atoms with E-state index in [0.29, 0.717) is 5.75 Å². The van der Waals surface area contributed by atoms with Gasteiger partial charge in [-0.1, -0.05) is 11.6 Å². The molecule has 25 heavy (non-hydrogen) atoms. The Morgan fingerprint density at radius 2 is 2.20 bits per heavy atom. The smallest absolute Gasteiger partial charge is 0.343 e. The molecule has 1 heterocycles. The summed E-state index contributed by atoms with van der Waals surface area (Å²) in [6.07, 6.45) is 2.97. The zero-order valence-electron chi connectivity index (χ0n) is 13.0. The number of amides is 1.